The molecule has 3 aromatic heterocycles. The molecule has 0 saturated heterocycles. The molecular formula is C25H19N3O2S. The van der Waals surface area contributed by atoms with E-state index >= 15 is 0 Å². The molecular weight excluding hydrogens is 406 g/mol. The lowest BCUT2D eigenvalue weighted by molar-refractivity contribution is 0.102. The number of pyridine rings is 1. The number of nitrogens with one attached hydrogen (secondary N) is 1. The fourth-order valence-corrected chi connectivity index (χ4v) is 4.37. The number of carbonyl (C=O) groups excluding carboxylic acids is 1. The molecule has 5 nitrogen and oxygen atoms in total. The summed E-state index contributed by atoms with van der Waals surface area (Å²) in [6.45, 7) is 3.89. The average Bonchev–Trinajstić information content (AvgIpc) is 3.38. The number of aryl methyl sites for hydroxylation is 2. The smallest absolute Gasteiger partial charge is 0.258 e. The highest BCUT2D eigenvalue weighted by Crippen LogP contribution is 2.31. The molecule has 6 heteroatoms. The first-order valence-corrected chi connectivity index (χ1v) is 10.7. The van der Waals surface area contributed by atoms with Crippen LogP contribution < -0.4 is 5.32 Å². The summed E-state index contributed by atoms with van der Waals surface area (Å²) in [6.07, 6.45) is 0. The number of nitrogens with zero attached hydrogens (tertiary/aromatic N) is 2. The van der Waals surface area contributed by atoms with E-state index in [1.165, 1.54) is 11.3 Å². The molecule has 0 unspecified atom stereocenters. The molecule has 0 spiro atoms. The van der Waals surface area contributed by atoms with Gasteiger partial charge in [0, 0.05) is 15.8 Å². The molecule has 0 aliphatic carbocycles. The van der Waals surface area contributed by atoms with Gasteiger partial charge in [-0.25, -0.2) is 9.97 Å². The molecule has 0 fully saturated rings. The van der Waals surface area contributed by atoms with E-state index in [0.717, 1.165) is 32.8 Å². The summed E-state index contributed by atoms with van der Waals surface area (Å²) >= 11 is 1.46. The molecule has 152 valence electrons. The molecule has 2 aromatic carbocycles. The third-order valence-corrected chi connectivity index (χ3v) is 5.90. The van der Waals surface area contributed by atoms with Crippen molar-refractivity contribution in [3.8, 4) is 22.7 Å². The first-order valence-electron chi connectivity index (χ1n) is 9.89. The number of anilines is 1. The Morgan fingerprint density at radius 2 is 1.71 bits per heavy atom. The van der Waals surface area contributed by atoms with Crippen molar-refractivity contribution in [1.82, 2.24) is 9.97 Å². The van der Waals surface area contributed by atoms with Crippen LogP contribution in [0.4, 0.5) is 5.13 Å². The molecule has 1 amide bonds. The zero-order chi connectivity index (χ0) is 21.4. The maximum Gasteiger partial charge on any atom is 0.258 e. The van der Waals surface area contributed by atoms with Crippen LogP contribution >= 0.6 is 11.3 Å². The SMILES string of the molecule is Cc1ccc(-c2cc(C(=O)Nc3nc(-c4ccccc4)c(C)s3)c3ccccc3n2)o1. The topological polar surface area (TPSA) is 68.0 Å². The average molecular weight is 426 g/mol. The Hall–Kier alpha value is -3.77. The van der Waals surface area contributed by atoms with Crippen LogP contribution in [0.2, 0.25) is 0 Å². The van der Waals surface area contributed by atoms with Gasteiger partial charge in [0.15, 0.2) is 10.9 Å². The minimum Gasteiger partial charge on any atom is -0.460 e. The molecule has 0 aliphatic rings. The molecule has 31 heavy (non-hydrogen) atoms. The van der Waals surface area contributed by atoms with Crippen molar-refractivity contribution in [2.75, 3.05) is 5.32 Å². The third kappa shape index (κ3) is 3.73. The Labute approximate surface area is 183 Å². The highest BCUT2D eigenvalue weighted by Gasteiger charge is 2.18. The van der Waals surface area contributed by atoms with Gasteiger partial charge in [0.05, 0.1) is 16.8 Å². The van der Waals surface area contributed by atoms with E-state index in [1.807, 2.05) is 80.6 Å². The lowest BCUT2D eigenvalue weighted by Crippen LogP contribution is -2.13. The molecule has 0 radical (unpaired) electrons. The van der Waals surface area contributed by atoms with Gasteiger partial charge in [0.25, 0.3) is 5.91 Å². The maximum atomic E-state index is 13.3. The largest absolute Gasteiger partial charge is 0.460 e. The van der Waals surface area contributed by atoms with Crippen LogP contribution in [0, 0.1) is 13.8 Å². The molecule has 0 bridgehead atoms. The Balaban J connectivity index is 1.53. The Kier molecular flexibility index (Phi) is 4.84. The fourth-order valence-electron chi connectivity index (χ4n) is 3.54. The molecule has 1 N–H and O–H groups in total. The van der Waals surface area contributed by atoms with Crippen molar-refractivity contribution >= 4 is 33.3 Å². The predicted octanol–water partition coefficient (Wildman–Crippen LogP) is 6.49. The van der Waals surface area contributed by atoms with Gasteiger partial charge >= 0.3 is 0 Å². The van der Waals surface area contributed by atoms with Crippen molar-refractivity contribution in [1.29, 1.82) is 0 Å². The van der Waals surface area contributed by atoms with E-state index in [1.54, 1.807) is 6.07 Å². The minimum atomic E-state index is -0.225. The second kappa shape index (κ2) is 7.81. The van der Waals surface area contributed by atoms with Crippen LogP contribution in [0.1, 0.15) is 21.0 Å². The number of fused-ring (bicyclic) bond motifs is 1. The summed E-state index contributed by atoms with van der Waals surface area (Å²) in [4.78, 5) is 23.7. The predicted molar refractivity (Wildman–Crippen MR) is 124 cm³/mol. The highest BCUT2D eigenvalue weighted by atomic mass is 32.1. The van der Waals surface area contributed by atoms with Crippen molar-refractivity contribution < 1.29 is 9.21 Å². The van der Waals surface area contributed by atoms with E-state index < -0.39 is 0 Å². The van der Waals surface area contributed by atoms with E-state index in [2.05, 4.69) is 15.3 Å². The van der Waals surface area contributed by atoms with Gasteiger partial charge < -0.3 is 4.42 Å². The first kappa shape index (κ1) is 19.2. The Morgan fingerprint density at radius 3 is 2.48 bits per heavy atom. The molecule has 0 aliphatic heterocycles. The second-order valence-electron chi connectivity index (χ2n) is 7.23. The summed E-state index contributed by atoms with van der Waals surface area (Å²) in [5.41, 5.74) is 3.80. The van der Waals surface area contributed by atoms with Crippen molar-refractivity contribution in [3.05, 3.63) is 89.0 Å². The van der Waals surface area contributed by atoms with Gasteiger partial charge in [-0.2, -0.15) is 0 Å². The van der Waals surface area contributed by atoms with Gasteiger partial charge in [0.1, 0.15) is 11.5 Å². The molecule has 5 aromatic rings. The number of furan rings is 1. The molecule has 3 heterocycles. The van der Waals surface area contributed by atoms with Crippen LogP contribution in [-0.2, 0) is 0 Å². The van der Waals surface area contributed by atoms with Gasteiger partial charge in [-0.05, 0) is 38.1 Å². The summed E-state index contributed by atoms with van der Waals surface area (Å²) in [7, 11) is 0. The van der Waals surface area contributed by atoms with Gasteiger partial charge in [0.2, 0.25) is 0 Å². The van der Waals surface area contributed by atoms with E-state index in [-0.39, 0.29) is 5.91 Å². The second-order valence-corrected chi connectivity index (χ2v) is 8.43. The number of hydrogen-bond donors (Lipinski definition) is 1. The van der Waals surface area contributed by atoms with E-state index in [9.17, 15) is 4.79 Å². The maximum absolute atomic E-state index is 13.3. The lowest BCUT2D eigenvalue weighted by atomic mass is 10.1. The normalized spacial score (nSPS) is 11.0. The van der Waals surface area contributed by atoms with Crippen LogP contribution in [0.25, 0.3) is 33.6 Å². The summed E-state index contributed by atoms with van der Waals surface area (Å²) < 4.78 is 5.74. The number of rotatable bonds is 4. The van der Waals surface area contributed by atoms with Crippen LogP contribution in [0.5, 0.6) is 0 Å². The quantitative estimate of drug-likeness (QED) is 0.357. The number of aromatic nitrogens is 2. The Morgan fingerprint density at radius 1 is 0.935 bits per heavy atom. The number of hydrogen-bond acceptors (Lipinski definition) is 5. The summed E-state index contributed by atoms with van der Waals surface area (Å²) in [6, 6.07) is 23.1. The van der Waals surface area contributed by atoms with E-state index in [0.29, 0.717) is 22.1 Å². The van der Waals surface area contributed by atoms with Crippen LogP contribution in [0.3, 0.4) is 0 Å². The zero-order valence-corrected chi connectivity index (χ0v) is 17.9. The molecule has 5 rings (SSSR count). The number of carbonyl (C=O) groups is 1. The van der Waals surface area contributed by atoms with Crippen molar-refractivity contribution in [2.24, 2.45) is 0 Å². The van der Waals surface area contributed by atoms with Crippen LogP contribution in [0.15, 0.2) is 77.2 Å². The van der Waals surface area contributed by atoms with Crippen molar-refractivity contribution in [2.45, 2.75) is 13.8 Å². The minimum absolute atomic E-state index is 0.225. The van der Waals surface area contributed by atoms with Gasteiger partial charge in [-0.1, -0.05) is 48.5 Å². The van der Waals surface area contributed by atoms with Crippen LogP contribution in [-0.4, -0.2) is 15.9 Å². The first-order chi connectivity index (χ1) is 15.1. The number of para-hydroxylation sites is 1. The molecule has 0 atom stereocenters. The highest BCUT2D eigenvalue weighted by molar-refractivity contribution is 7.16. The zero-order valence-electron chi connectivity index (χ0n) is 17.0. The monoisotopic (exact) mass is 425 g/mol. The third-order valence-electron chi connectivity index (χ3n) is 5.02. The standard InChI is InChI=1S/C25H19N3O2S/c1-15-12-13-22(30-15)21-14-19(18-10-6-7-11-20(18)26-21)24(29)28-25-27-23(16(2)31-25)17-8-4-3-5-9-17/h3-14H,1-2H3,(H,27,28,29). The number of benzene rings is 2. The van der Waals surface area contributed by atoms with E-state index in [4.69, 9.17) is 4.42 Å². The van der Waals surface area contributed by atoms with Gasteiger partial charge in [-0.15, -0.1) is 11.3 Å². The lowest BCUT2D eigenvalue weighted by Gasteiger charge is -2.08. The number of thiazole rings is 1. The summed E-state index contributed by atoms with van der Waals surface area (Å²) in [5, 5.41) is 4.32. The van der Waals surface area contributed by atoms with Gasteiger partial charge in [-0.3, -0.25) is 10.1 Å². The van der Waals surface area contributed by atoms with Crippen molar-refractivity contribution in [3.63, 3.8) is 0 Å². The summed E-state index contributed by atoms with van der Waals surface area (Å²) in [5.74, 6) is 1.20. The number of amides is 1. The fraction of sp³-hybridized carbons (Fsp3) is 0.0800. The molecule has 0 saturated carbocycles. The Bertz CT molecular complexity index is 1400.